The van der Waals surface area contributed by atoms with E-state index >= 15 is 0 Å². The highest BCUT2D eigenvalue weighted by atomic mass is 32.2. The zero-order chi connectivity index (χ0) is 9.80. The van der Waals surface area contributed by atoms with Crippen molar-refractivity contribution in [1.29, 1.82) is 0 Å². The van der Waals surface area contributed by atoms with Crippen LogP contribution in [0.1, 0.15) is 12.8 Å². The van der Waals surface area contributed by atoms with Gasteiger partial charge in [0, 0.05) is 28.6 Å². The average molecular weight is 231 g/mol. The minimum Gasteiger partial charge on any atom is -0.501 e. The van der Waals surface area contributed by atoms with Crippen LogP contribution in [-0.2, 0) is 4.74 Å². The number of nitrogens with two attached hydrogens (primary N) is 1. The zero-order valence-electron chi connectivity index (χ0n) is 8.28. The molecule has 2 aliphatic rings. The van der Waals surface area contributed by atoms with E-state index < -0.39 is 0 Å². The second kappa shape index (κ2) is 5.33. The molecule has 80 valence electrons. The highest BCUT2D eigenvalue weighted by Crippen LogP contribution is 2.30. The van der Waals surface area contributed by atoms with Crippen LogP contribution in [-0.4, -0.2) is 35.2 Å². The Balaban J connectivity index is 1.91. The maximum atomic E-state index is 6.24. The first-order chi connectivity index (χ1) is 6.88. The van der Waals surface area contributed by atoms with Crippen molar-refractivity contribution in [3.8, 4) is 0 Å². The van der Waals surface area contributed by atoms with Gasteiger partial charge < -0.3 is 10.5 Å². The first-order valence-electron chi connectivity index (χ1n) is 5.13. The van der Waals surface area contributed by atoms with Gasteiger partial charge in [0.05, 0.1) is 12.9 Å². The van der Waals surface area contributed by atoms with Crippen molar-refractivity contribution in [2.24, 2.45) is 5.73 Å². The summed E-state index contributed by atoms with van der Waals surface area (Å²) in [7, 11) is 0. The number of thioether (sulfide) groups is 2. The molecule has 2 N–H and O–H groups in total. The lowest BCUT2D eigenvalue weighted by Crippen LogP contribution is -2.38. The van der Waals surface area contributed by atoms with Crippen molar-refractivity contribution in [1.82, 2.24) is 0 Å². The van der Waals surface area contributed by atoms with Gasteiger partial charge in [0.2, 0.25) is 0 Å². The maximum Gasteiger partial charge on any atom is 0.0876 e. The molecule has 1 fully saturated rings. The Morgan fingerprint density at radius 2 is 2.43 bits per heavy atom. The van der Waals surface area contributed by atoms with Crippen molar-refractivity contribution in [3.05, 3.63) is 11.8 Å². The van der Waals surface area contributed by atoms with Gasteiger partial charge in [0.15, 0.2) is 0 Å². The van der Waals surface area contributed by atoms with E-state index in [9.17, 15) is 0 Å². The first kappa shape index (κ1) is 10.7. The summed E-state index contributed by atoms with van der Waals surface area (Å²) < 4.78 is 5.34. The summed E-state index contributed by atoms with van der Waals surface area (Å²) in [5, 5.41) is 0.599. The van der Waals surface area contributed by atoms with Crippen LogP contribution in [0.3, 0.4) is 0 Å². The number of hydrogen-bond acceptors (Lipinski definition) is 4. The van der Waals surface area contributed by atoms with Crippen LogP contribution in [0.15, 0.2) is 11.8 Å². The fourth-order valence-corrected chi connectivity index (χ4v) is 4.60. The van der Waals surface area contributed by atoms with Gasteiger partial charge >= 0.3 is 0 Å². The fraction of sp³-hybridized carbons (Fsp3) is 0.800. The third-order valence-electron chi connectivity index (χ3n) is 2.63. The van der Waals surface area contributed by atoms with E-state index in [-0.39, 0.29) is 6.04 Å². The highest BCUT2D eigenvalue weighted by Gasteiger charge is 2.25. The SMILES string of the molecule is NC(C1=COCCC1)C1CSCCS1. The Bertz CT molecular complexity index is 214. The predicted molar refractivity (Wildman–Crippen MR) is 64.8 cm³/mol. The predicted octanol–water partition coefficient (Wildman–Crippen LogP) is 1.86. The molecule has 2 nitrogen and oxygen atoms in total. The smallest absolute Gasteiger partial charge is 0.0876 e. The van der Waals surface area contributed by atoms with E-state index in [0.29, 0.717) is 5.25 Å². The molecule has 0 saturated carbocycles. The molecule has 2 unspecified atom stereocenters. The summed E-state index contributed by atoms with van der Waals surface area (Å²) in [4.78, 5) is 0. The summed E-state index contributed by atoms with van der Waals surface area (Å²) in [6, 6.07) is 0.216. The van der Waals surface area contributed by atoms with Gasteiger partial charge in [0.25, 0.3) is 0 Å². The molecular weight excluding hydrogens is 214 g/mol. The first-order valence-corrected chi connectivity index (χ1v) is 7.34. The molecule has 0 spiro atoms. The lowest BCUT2D eigenvalue weighted by molar-refractivity contribution is 0.221. The van der Waals surface area contributed by atoms with Crippen LogP contribution in [0, 0.1) is 0 Å². The second-order valence-corrected chi connectivity index (χ2v) is 6.17. The van der Waals surface area contributed by atoms with E-state index in [1.54, 1.807) is 0 Å². The summed E-state index contributed by atoms with van der Waals surface area (Å²) in [6.45, 7) is 0.864. The molecule has 2 rings (SSSR count). The van der Waals surface area contributed by atoms with Crippen LogP contribution in [0.4, 0.5) is 0 Å². The third-order valence-corrected chi connectivity index (χ3v) is 5.52. The van der Waals surface area contributed by atoms with Gasteiger partial charge in [-0.1, -0.05) is 0 Å². The van der Waals surface area contributed by atoms with E-state index in [2.05, 4.69) is 0 Å². The molecule has 0 aromatic heterocycles. The van der Waals surface area contributed by atoms with Crippen molar-refractivity contribution in [2.75, 3.05) is 23.9 Å². The fourth-order valence-electron chi connectivity index (χ4n) is 1.78. The van der Waals surface area contributed by atoms with E-state index in [1.165, 1.54) is 22.8 Å². The lowest BCUT2D eigenvalue weighted by atomic mass is 10.0. The Morgan fingerprint density at radius 1 is 1.50 bits per heavy atom. The van der Waals surface area contributed by atoms with Crippen LogP contribution in [0.2, 0.25) is 0 Å². The molecule has 2 aliphatic heterocycles. The molecule has 4 heteroatoms. The average Bonchev–Trinajstić information content (AvgIpc) is 2.30. The monoisotopic (exact) mass is 231 g/mol. The standard InChI is InChI=1S/C10H17NOS2/c11-10(8-2-1-3-12-6-8)9-7-13-4-5-14-9/h6,9-10H,1-5,7,11H2. The second-order valence-electron chi connectivity index (χ2n) is 3.68. The summed E-state index contributed by atoms with van der Waals surface area (Å²) >= 11 is 4.05. The molecular formula is C10H17NOS2. The van der Waals surface area contributed by atoms with Crippen LogP contribution in [0.5, 0.6) is 0 Å². The maximum absolute atomic E-state index is 6.24. The number of hydrogen-bond donors (Lipinski definition) is 1. The Kier molecular flexibility index (Phi) is 4.08. The molecule has 0 aliphatic carbocycles. The zero-order valence-corrected chi connectivity index (χ0v) is 9.91. The molecule has 1 saturated heterocycles. The van der Waals surface area contributed by atoms with Crippen LogP contribution >= 0.6 is 23.5 Å². The highest BCUT2D eigenvalue weighted by molar-refractivity contribution is 8.06. The molecule has 14 heavy (non-hydrogen) atoms. The third kappa shape index (κ3) is 2.61. The van der Waals surface area contributed by atoms with Gasteiger partial charge in [0.1, 0.15) is 0 Å². The Labute approximate surface area is 94.0 Å². The van der Waals surface area contributed by atoms with Gasteiger partial charge in [-0.2, -0.15) is 23.5 Å². The molecule has 2 heterocycles. The minimum absolute atomic E-state index is 0.216. The van der Waals surface area contributed by atoms with Gasteiger partial charge in [-0.15, -0.1) is 0 Å². The van der Waals surface area contributed by atoms with E-state index in [1.807, 2.05) is 29.8 Å². The summed E-state index contributed by atoms with van der Waals surface area (Å²) in [5.41, 5.74) is 7.56. The van der Waals surface area contributed by atoms with Crippen molar-refractivity contribution in [2.45, 2.75) is 24.1 Å². The van der Waals surface area contributed by atoms with Crippen LogP contribution in [0.25, 0.3) is 0 Å². The molecule has 2 atom stereocenters. The van der Waals surface area contributed by atoms with Gasteiger partial charge in [-0.05, 0) is 18.4 Å². The topological polar surface area (TPSA) is 35.2 Å². The molecule has 0 aromatic carbocycles. The van der Waals surface area contributed by atoms with Crippen LogP contribution < -0.4 is 5.73 Å². The van der Waals surface area contributed by atoms with Crippen molar-refractivity contribution in [3.63, 3.8) is 0 Å². The Morgan fingerprint density at radius 3 is 3.07 bits per heavy atom. The van der Waals surface area contributed by atoms with E-state index in [0.717, 1.165) is 19.4 Å². The molecule has 0 bridgehead atoms. The number of ether oxygens (including phenoxy) is 1. The van der Waals surface area contributed by atoms with Gasteiger partial charge in [-0.3, -0.25) is 0 Å². The lowest BCUT2D eigenvalue weighted by Gasteiger charge is -2.29. The quantitative estimate of drug-likeness (QED) is 0.787. The number of rotatable bonds is 2. The van der Waals surface area contributed by atoms with E-state index in [4.69, 9.17) is 10.5 Å². The summed E-state index contributed by atoms with van der Waals surface area (Å²) in [6.07, 6.45) is 4.15. The molecule has 0 aromatic rings. The molecule has 0 radical (unpaired) electrons. The van der Waals surface area contributed by atoms with Gasteiger partial charge in [-0.25, -0.2) is 0 Å². The summed E-state index contributed by atoms with van der Waals surface area (Å²) in [5.74, 6) is 3.73. The van der Waals surface area contributed by atoms with Crippen molar-refractivity contribution < 1.29 is 4.74 Å². The normalized spacial score (nSPS) is 30.4. The Hall–Kier alpha value is 0.200. The minimum atomic E-state index is 0.216. The molecule has 0 amide bonds. The largest absolute Gasteiger partial charge is 0.501 e. The van der Waals surface area contributed by atoms with Crippen molar-refractivity contribution >= 4 is 23.5 Å².